The first kappa shape index (κ1) is 17.3. The van der Waals surface area contributed by atoms with Crippen LogP contribution in [0.15, 0.2) is 0 Å². The van der Waals surface area contributed by atoms with Gasteiger partial charge >= 0.3 is 0 Å². The van der Waals surface area contributed by atoms with Crippen molar-refractivity contribution < 1.29 is 0 Å². The van der Waals surface area contributed by atoms with E-state index in [9.17, 15) is 0 Å². The fourth-order valence-corrected chi connectivity index (χ4v) is 5.86. The SMILES string of the molecule is C[C@H](CC[C@H](C)N1CC2CCC(C1)N2C)N1CC2CCC(C1)N2C. The van der Waals surface area contributed by atoms with Gasteiger partial charge in [0.1, 0.15) is 0 Å². The van der Waals surface area contributed by atoms with Crippen LogP contribution in [0.5, 0.6) is 0 Å². The number of hydrogen-bond acceptors (Lipinski definition) is 4. The lowest BCUT2D eigenvalue weighted by Crippen LogP contribution is -2.55. The molecule has 0 aromatic rings. The Morgan fingerprint density at radius 3 is 1.21 bits per heavy atom. The molecule has 4 fully saturated rings. The van der Waals surface area contributed by atoms with Crippen molar-refractivity contribution in [2.45, 2.75) is 88.6 Å². The molecule has 4 rings (SSSR count). The average molecular weight is 335 g/mol. The van der Waals surface area contributed by atoms with Crippen molar-refractivity contribution in [3.05, 3.63) is 0 Å². The second-order valence-corrected chi connectivity index (χ2v) is 9.28. The molecule has 4 unspecified atom stereocenters. The zero-order chi connectivity index (χ0) is 16.8. The van der Waals surface area contributed by atoms with Crippen LogP contribution in [0.4, 0.5) is 0 Å². The molecule has 0 amide bonds. The molecular weight excluding hydrogens is 296 g/mol. The Morgan fingerprint density at radius 1 is 0.625 bits per heavy atom. The van der Waals surface area contributed by atoms with Gasteiger partial charge in [-0.25, -0.2) is 0 Å². The van der Waals surface area contributed by atoms with Crippen LogP contribution in [0.3, 0.4) is 0 Å². The quantitative estimate of drug-likeness (QED) is 0.763. The Balaban J connectivity index is 1.25. The number of piperazine rings is 2. The van der Waals surface area contributed by atoms with Gasteiger partial charge in [-0.05, 0) is 66.5 Å². The van der Waals surface area contributed by atoms with Crippen LogP contribution >= 0.6 is 0 Å². The maximum absolute atomic E-state index is 2.79. The van der Waals surface area contributed by atoms with Crippen LogP contribution in [0.1, 0.15) is 52.4 Å². The van der Waals surface area contributed by atoms with Crippen LogP contribution < -0.4 is 0 Å². The number of hydrogen-bond donors (Lipinski definition) is 0. The minimum Gasteiger partial charge on any atom is -0.298 e. The lowest BCUT2D eigenvalue weighted by Gasteiger charge is -2.43. The molecule has 138 valence electrons. The Hall–Kier alpha value is -0.160. The second kappa shape index (κ2) is 6.86. The number of nitrogens with zero attached hydrogens (tertiary/aromatic N) is 4. The fraction of sp³-hybridized carbons (Fsp3) is 1.00. The van der Waals surface area contributed by atoms with Crippen molar-refractivity contribution in [2.75, 3.05) is 40.3 Å². The number of likely N-dealkylation sites (N-methyl/N-ethyl adjacent to an activating group) is 2. The van der Waals surface area contributed by atoms with Gasteiger partial charge in [0.2, 0.25) is 0 Å². The van der Waals surface area contributed by atoms with Gasteiger partial charge in [-0.2, -0.15) is 0 Å². The monoisotopic (exact) mass is 334 g/mol. The molecule has 0 radical (unpaired) electrons. The summed E-state index contributed by atoms with van der Waals surface area (Å²) in [4.78, 5) is 10.9. The maximum atomic E-state index is 2.79. The minimum absolute atomic E-state index is 0.758. The summed E-state index contributed by atoms with van der Waals surface area (Å²) < 4.78 is 0. The molecule has 4 heteroatoms. The average Bonchev–Trinajstić information content (AvgIpc) is 2.92. The van der Waals surface area contributed by atoms with E-state index in [1.807, 2.05) is 0 Å². The van der Waals surface area contributed by atoms with Crippen molar-refractivity contribution >= 4 is 0 Å². The van der Waals surface area contributed by atoms with Gasteiger partial charge in [0.05, 0.1) is 0 Å². The first-order valence-corrected chi connectivity index (χ1v) is 10.4. The van der Waals surface area contributed by atoms with Gasteiger partial charge in [-0.1, -0.05) is 0 Å². The summed E-state index contributed by atoms with van der Waals surface area (Å²) in [6, 6.07) is 4.84. The Kier molecular flexibility index (Phi) is 4.94. The van der Waals surface area contributed by atoms with Crippen LogP contribution in [0, 0.1) is 0 Å². The highest BCUT2D eigenvalue weighted by atomic mass is 15.3. The molecular formula is C20H38N4. The van der Waals surface area contributed by atoms with E-state index >= 15 is 0 Å². The molecule has 4 heterocycles. The molecule has 4 nitrogen and oxygen atoms in total. The van der Waals surface area contributed by atoms with Gasteiger partial charge in [-0.15, -0.1) is 0 Å². The van der Waals surface area contributed by atoms with Crippen molar-refractivity contribution in [2.24, 2.45) is 0 Å². The van der Waals surface area contributed by atoms with Crippen LogP contribution in [0.2, 0.25) is 0 Å². The second-order valence-electron chi connectivity index (χ2n) is 9.28. The highest BCUT2D eigenvalue weighted by Crippen LogP contribution is 2.32. The molecule has 0 aromatic heterocycles. The molecule has 0 aromatic carbocycles. The Bertz CT molecular complexity index is 373. The van der Waals surface area contributed by atoms with Gasteiger partial charge < -0.3 is 0 Å². The first-order chi connectivity index (χ1) is 11.5. The molecule has 4 saturated heterocycles. The minimum atomic E-state index is 0.758. The topological polar surface area (TPSA) is 13.0 Å². The van der Waals surface area contributed by atoms with E-state index in [0.29, 0.717) is 0 Å². The van der Waals surface area contributed by atoms with Crippen molar-refractivity contribution in [3.63, 3.8) is 0 Å². The zero-order valence-corrected chi connectivity index (χ0v) is 16.3. The van der Waals surface area contributed by atoms with E-state index in [2.05, 4.69) is 47.5 Å². The zero-order valence-electron chi connectivity index (χ0n) is 16.3. The molecule has 4 bridgehead atoms. The van der Waals surface area contributed by atoms with E-state index in [-0.39, 0.29) is 0 Å². The van der Waals surface area contributed by atoms with Crippen LogP contribution in [-0.2, 0) is 0 Å². The van der Waals surface area contributed by atoms with Crippen molar-refractivity contribution in [1.29, 1.82) is 0 Å². The lowest BCUT2D eigenvalue weighted by molar-refractivity contribution is 0.0438. The third-order valence-electron chi connectivity index (χ3n) is 8.00. The maximum Gasteiger partial charge on any atom is 0.0224 e. The van der Waals surface area contributed by atoms with E-state index in [1.54, 1.807) is 0 Å². The number of likely N-dealkylation sites (tertiary alicyclic amines) is 2. The summed E-state index contributed by atoms with van der Waals surface area (Å²) in [5.41, 5.74) is 0. The molecule has 4 aliphatic rings. The Labute approximate surface area is 149 Å². The molecule has 4 aliphatic heterocycles. The predicted molar refractivity (Wildman–Crippen MR) is 100 cm³/mol. The van der Waals surface area contributed by atoms with Gasteiger partial charge in [0.15, 0.2) is 0 Å². The standard InChI is InChI=1S/C20H38N4/c1-15(23-11-17-7-8-18(12-23)21(17)3)5-6-16(2)24-13-19-9-10-20(14-24)22(19)4/h15-20H,5-14H2,1-4H3/t15-,16+,17?,18?,19?,20?. The predicted octanol–water partition coefficient (Wildman–Crippen LogP) is 2.10. The van der Waals surface area contributed by atoms with E-state index in [4.69, 9.17) is 0 Å². The summed E-state index contributed by atoms with van der Waals surface area (Å²) in [7, 11) is 4.68. The largest absolute Gasteiger partial charge is 0.298 e. The van der Waals surface area contributed by atoms with E-state index in [0.717, 1.165) is 36.3 Å². The highest BCUT2D eigenvalue weighted by Gasteiger charge is 2.40. The van der Waals surface area contributed by atoms with Crippen LogP contribution in [-0.4, -0.2) is 96.1 Å². The first-order valence-electron chi connectivity index (χ1n) is 10.4. The van der Waals surface area contributed by atoms with E-state index < -0.39 is 0 Å². The fourth-order valence-electron chi connectivity index (χ4n) is 5.86. The number of fused-ring (bicyclic) bond motifs is 4. The molecule has 0 N–H and O–H groups in total. The summed E-state index contributed by atoms with van der Waals surface area (Å²) in [6.45, 7) is 10.2. The molecule has 6 atom stereocenters. The highest BCUT2D eigenvalue weighted by molar-refractivity contribution is 4.97. The van der Waals surface area contributed by atoms with Gasteiger partial charge in [-0.3, -0.25) is 19.6 Å². The molecule has 0 saturated carbocycles. The summed E-state index contributed by atoms with van der Waals surface area (Å²) >= 11 is 0. The summed E-state index contributed by atoms with van der Waals surface area (Å²) in [6.07, 6.45) is 8.42. The van der Waals surface area contributed by atoms with Crippen LogP contribution in [0.25, 0.3) is 0 Å². The van der Waals surface area contributed by atoms with Crippen molar-refractivity contribution in [1.82, 2.24) is 19.6 Å². The smallest absolute Gasteiger partial charge is 0.0224 e. The normalized spacial score (nSPS) is 41.0. The van der Waals surface area contributed by atoms with Gasteiger partial charge in [0.25, 0.3) is 0 Å². The lowest BCUT2D eigenvalue weighted by atomic mass is 10.0. The molecule has 0 aliphatic carbocycles. The molecule has 24 heavy (non-hydrogen) atoms. The summed E-state index contributed by atoms with van der Waals surface area (Å²) in [5, 5.41) is 0. The third-order valence-corrected chi connectivity index (χ3v) is 8.00. The van der Waals surface area contributed by atoms with Gasteiger partial charge in [0, 0.05) is 62.4 Å². The number of rotatable bonds is 5. The van der Waals surface area contributed by atoms with Crippen molar-refractivity contribution in [3.8, 4) is 0 Å². The summed E-state index contributed by atoms with van der Waals surface area (Å²) in [5.74, 6) is 0. The third kappa shape index (κ3) is 3.15. The Morgan fingerprint density at radius 2 is 0.917 bits per heavy atom. The molecule has 0 spiro atoms. The van der Waals surface area contributed by atoms with E-state index in [1.165, 1.54) is 64.7 Å².